The van der Waals surface area contributed by atoms with Crippen LogP contribution >= 0.6 is 0 Å². The Morgan fingerprint density at radius 2 is 2.08 bits per heavy atom. The van der Waals surface area contributed by atoms with Gasteiger partial charge in [0.1, 0.15) is 6.17 Å². The average Bonchev–Trinajstić information content (AvgIpc) is 2.79. The monoisotopic (exact) mass is 189 g/mol. The molecule has 2 fully saturated rings. The van der Waals surface area contributed by atoms with Crippen LogP contribution in [0.5, 0.6) is 0 Å². The Hall–Kier alpha value is -0.190. The van der Waals surface area contributed by atoms with Crippen LogP contribution in [0.25, 0.3) is 0 Å². The summed E-state index contributed by atoms with van der Waals surface area (Å²) < 4.78 is 13.2. The molecule has 1 saturated heterocycles. The van der Waals surface area contributed by atoms with E-state index in [1.54, 1.807) is 0 Å². The largest absolute Gasteiger partial charge is 0.390 e. The van der Waals surface area contributed by atoms with E-state index < -0.39 is 24.3 Å². The van der Waals surface area contributed by atoms with Crippen LogP contribution in [-0.2, 0) is 0 Å². The van der Waals surface area contributed by atoms with Gasteiger partial charge in [0.15, 0.2) is 0 Å². The van der Waals surface area contributed by atoms with Gasteiger partial charge < -0.3 is 15.5 Å². The second kappa shape index (κ2) is 2.90. The maximum absolute atomic E-state index is 13.2. The van der Waals surface area contributed by atoms with E-state index in [4.69, 9.17) is 0 Å². The van der Waals surface area contributed by atoms with Crippen LogP contribution in [0, 0.1) is 5.92 Å². The van der Waals surface area contributed by atoms with E-state index in [0.29, 0.717) is 6.54 Å². The summed E-state index contributed by atoms with van der Waals surface area (Å²) in [4.78, 5) is 0. The van der Waals surface area contributed by atoms with Crippen molar-refractivity contribution in [2.75, 3.05) is 6.54 Å². The Kier molecular flexibility index (Phi) is 2.09. The van der Waals surface area contributed by atoms with E-state index in [1.165, 1.54) is 6.92 Å². The lowest BCUT2D eigenvalue weighted by molar-refractivity contribution is -0.0782. The van der Waals surface area contributed by atoms with E-state index in [0.717, 1.165) is 12.8 Å². The first-order valence-electron chi connectivity index (χ1n) is 4.82. The quantitative estimate of drug-likeness (QED) is 0.536. The average molecular weight is 189 g/mol. The van der Waals surface area contributed by atoms with Crippen LogP contribution in [-0.4, -0.2) is 40.7 Å². The Morgan fingerprint density at radius 1 is 1.46 bits per heavy atom. The molecule has 0 aromatic carbocycles. The number of piperidine rings is 1. The van der Waals surface area contributed by atoms with Crippen molar-refractivity contribution in [2.45, 2.75) is 43.7 Å². The highest BCUT2D eigenvalue weighted by Crippen LogP contribution is 2.48. The lowest BCUT2D eigenvalue weighted by Gasteiger charge is -2.40. The van der Waals surface area contributed by atoms with Gasteiger partial charge in [-0.05, 0) is 19.8 Å². The molecule has 3 N–H and O–H groups in total. The SMILES string of the molecule is C[C@H](F)[C@@H]1[C@@H](O)[C@H](O)CNC12CC2. The zero-order chi connectivity index (χ0) is 9.64. The predicted octanol–water partition coefficient (Wildman–Crippen LogP) is -0.182. The second-order valence-electron chi connectivity index (χ2n) is 4.30. The van der Waals surface area contributed by atoms with Crippen LogP contribution in [0.2, 0.25) is 0 Å². The van der Waals surface area contributed by atoms with Gasteiger partial charge in [0.2, 0.25) is 0 Å². The number of rotatable bonds is 1. The molecule has 1 saturated carbocycles. The summed E-state index contributed by atoms with van der Waals surface area (Å²) in [6, 6.07) is 0. The molecule has 13 heavy (non-hydrogen) atoms. The standard InChI is InChI=1S/C9H16FNO2/c1-5(10)7-8(13)6(12)4-11-9(7)2-3-9/h5-8,11-13H,2-4H2,1H3/t5-,6+,7+,8-/m0/s1. The Bertz CT molecular complexity index is 206. The highest BCUT2D eigenvalue weighted by atomic mass is 19.1. The molecule has 0 unspecified atom stereocenters. The molecule has 3 nitrogen and oxygen atoms in total. The molecule has 0 bridgehead atoms. The fourth-order valence-corrected chi connectivity index (χ4v) is 2.47. The minimum absolute atomic E-state index is 0.215. The zero-order valence-corrected chi connectivity index (χ0v) is 7.70. The normalized spacial score (nSPS) is 44.8. The van der Waals surface area contributed by atoms with E-state index in [9.17, 15) is 14.6 Å². The van der Waals surface area contributed by atoms with Crippen molar-refractivity contribution >= 4 is 0 Å². The third-order valence-corrected chi connectivity index (χ3v) is 3.35. The molecule has 2 rings (SSSR count). The van der Waals surface area contributed by atoms with E-state index in [2.05, 4.69) is 5.32 Å². The molecule has 1 aliphatic carbocycles. The number of β-amino-alcohol motifs (C(OH)–C–C–N with tert-alkyl or cyclic N) is 1. The highest BCUT2D eigenvalue weighted by molar-refractivity contribution is 5.14. The van der Waals surface area contributed by atoms with Crippen LogP contribution in [0.3, 0.4) is 0 Å². The Labute approximate surface area is 77.0 Å². The van der Waals surface area contributed by atoms with Crippen molar-refractivity contribution in [1.29, 1.82) is 0 Å². The molecule has 1 spiro atoms. The Morgan fingerprint density at radius 3 is 2.54 bits per heavy atom. The summed E-state index contributed by atoms with van der Waals surface area (Å²) in [5, 5.41) is 22.2. The lowest BCUT2D eigenvalue weighted by atomic mass is 9.81. The number of hydrogen-bond donors (Lipinski definition) is 3. The number of alkyl halides is 1. The van der Waals surface area contributed by atoms with Crippen LogP contribution in [0.4, 0.5) is 4.39 Å². The first kappa shape index (κ1) is 9.37. The summed E-state index contributed by atoms with van der Waals surface area (Å²) >= 11 is 0. The lowest BCUT2D eigenvalue weighted by Crippen LogP contribution is -2.60. The molecular weight excluding hydrogens is 173 g/mol. The molecule has 1 aliphatic heterocycles. The first-order chi connectivity index (χ1) is 6.07. The van der Waals surface area contributed by atoms with Crippen molar-refractivity contribution < 1.29 is 14.6 Å². The fraction of sp³-hybridized carbons (Fsp3) is 1.00. The van der Waals surface area contributed by atoms with Crippen LogP contribution < -0.4 is 5.32 Å². The summed E-state index contributed by atoms with van der Waals surface area (Å²) in [5.41, 5.74) is -0.215. The molecule has 76 valence electrons. The predicted molar refractivity (Wildman–Crippen MR) is 46.0 cm³/mol. The number of hydrogen-bond acceptors (Lipinski definition) is 3. The van der Waals surface area contributed by atoms with Gasteiger partial charge in [-0.15, -0.1) is 0 Å². The van der Waals surface area contributed by atoms with Gasteiger partial charge in [0.25, 0.3) is 0 Å². The second-order valence-corrected chi connectivity index (χ2v) is 4.30. The minimum Gasteiger partial charge on any atom is -0.390 e. The van der Waals surface area contributed by atoms with Gasteiger partial charge in [-0.25, -0.2) is 4.39 Å². The summed E-state index contributed by atoms with van der Waals surface area (Å²) in [7, 11) is 0. The van der Waals surface area contributed by atoms with Gasteiger partial charge in [-0.1, -0.05) is 0 Å². The molecule has 0 radical (unpaired) electrons. The van der Waals surface area contributed by atoms with Crippen molar-refractivity contribution in [3.63, 3.8) is 0 Å². The topological polar surface area (TPSA) is 52.5 Å². The summed E-state index contributed by atoms with van der Waals surface area (Å²) in [6.07, 6.45) is -0.982. The van der Waals surface area contributed by atoms with Crippen LogP contribution in [0.1, 0.15) is 19.8 Å². The fourth-order valence-electron chi connectivity index (χ4n) is 2.47. The van der Waals surface area contributed by atoms with Gasteiger partial charge in [0, 0.05) is 18.0 Å². The molecule has 0 aromatic rings. The molecular formula is C9H16FNO2. The van der Waals surface area contributed by atoms with Gasteiger partial charge >= 0.3 is 0 Å². The zero-order valence-electron chi connectivity index (χ0n) is 7.70. The number of halogens is 1. The molecule has 0 amide bonds. The molecule has 1 heterocycles. The van der Waals surface area contributed by atoms with Gasteiger partial charge in [0.05, 0.1) is 12.2 Å². The van der Waals surface area contributed by atoms with Crippen molar-refractivity contribution in [3.8, 4) is 0 Å². The maximum Gasteiger partial charge on any atom is 0.104 e. The van der Waals surface area contributed by atoms with Crippen molar-refractivity contribution in [3.05, 3.63) is 0 Å². The smallest absolute Gasteiger partial charge is 0.104 e. The third kappa shape index (κ3) is 1.37. The van der Waals surface area contributed by atoms with Gasteiger partial charge in [-0.3, -0.25) is 0 Å². The van der Waals surface area contributed by atoms with Gasteiger partial charge in [-0.2, -0.15) is 0 Å². The first-order valence-corrected chi connectivity index (χ1v) is 4.82. The summed E-state index contributed by atoms with van der Waals surface area (Å²) in [6.45, 7) is 1.83. The summed E-state index contributed by atoms with van der Waals surface area (Å²) in [5.74, 6) is -0.448. The van der Waals surface area contributed by atoms with E-state index >= 15 is 0 Å². The number of aliphatic hydroxyl groups is 2. The van der Waals surface area contributed by atoms with E-state index in [-0.39, 0.29) is 5.54 Å². The maximum atomic E-state index is 13.2. The number of nitrogens with one attached hydrogen (secondary N) is 1. The molecule has 4 atom stereocenters. The van der Waals surface area contributed by atoms with Crippen molar-refractivity contribution in [1.82, 2.24) is 5.32 Å². The highest BCUT2D eigenvalue weighted by Gasteiger charge is 2.57. The molecule has 4 heteroatoms. The Balaban J connectivity index is 2.16. The van der Waals surface area contributed by atoms with Crippen LogP contribution in [0.15, 0.2) is 0 Å². The molecule has 2 aliphatic rings. The minimum atomic E-state index is -1.07. The molecule has 0 aromatic heterocycles. The number of aliphatic hydroxyl groups excluding tert-OH is 2. The van der Waals surface area contributed by atoms with E-state index in [1.807, 2.05) is 0 Å². The third-order valence-electron chi connectivity index (χ3n) is 3.35. The van der Waals surface area contributed by atoms with Crippen molar-refractivity contribution in [2.24, 2.45) is 5.92 Å².